The molecule has 0 N–H and O–H groups in total. The topological polar surface area (TPSA) is 26.3 Å². The lowest BCUT2D eigenvalue weighted by Crippen LogP contribution is -2.20. The van der Waals surface area contributed by atoms with E-state index in [0.29, 0.717) is 5.92 Å². The van der Waals surface area contributed by atoms with Gasteiger partial charge >= 0.3 is 5.97 Å². The SMILES string of the molecule is CCOC(=O)C(F)SC(C)C(C)C. The number of rotatable bonds is 5. The van der Waals surface area contributed by atoms with Gasteiger partial charge in [-0.25, -0.2) is 9.18 Å². The number of carbonyl (C=O) groups excluding carboxylic acids is 1. The summed E-state index contributed by atoms with van der Waals surface area (Å²) in [4.78, 5) is 10.9. The highest BCUT2D eigenvalue weighted by Gasteiger charge is 2.23. The van der Waals surface area contributed by atoms with Crippen molar-refractivity contribution in [2.45, 2.75) is 38.4 Å². The molecule has 0 amide bonds. The smallest absolute Gasteiger partial charge is 0.351 e. The van der Waals surface area contributed by atoms with Crippen LogP contribution in [0.2, 0.25) is 0 Å². The predicted octanol–water partition coefficient (Wildman–Crippen LogP) is 2.62. The van der Waals surface area contributed by atoms with Gasteiger partial charge in [0.15, 0.2) is 0 Å². The van der Waals surface area contributed by atoms with Gasteiger partial charge < -0.3 is 4.74 Å². The third-order valence-electron chi connectivity index (χ3n) is 1.74. The van der Waals surface area contributed by atoms with Crippen LogP contribution in [0.15, 0.2) is 0 Å². The lowest BCUT2D eigenvalue weighted by Gasteiger charge is -2.16. The molecule has 0 aromatic rings. The molecule has 0 saturated heterocycles. The zero-order chi connectivity index (χ0) is 10.4. The molecule has 0 aromatic carbocycles. The summed E-state index contributed by atoms with van der Waals surface area (Å²) in [5, 5.41) is 0.124. The van der Waals surface area contributed by atoms with Gasteiger partial charge in [0.25, 0.3) is 0 Å². The monoisotopic (exact) mass is 208 g/mol. The fourth-order valence-electron chi connectivity index (χ4n) is 0.609. The number of halogens is 1. The van der Waals surface area contributed by atoms with Crippen molar-refractivity contribution in [1.29, 1.82) is 0 Å². The van der Waals surface area contributed by atoms with Crippen LogP contribution in [0, 0.1) is 5.92 Å². The average molecular weight is 208 g/mol. The van der Waals surface area contributed by atoms with Crippen LogP contribution in [-0.2, 0) is 9.53 Å². The minimum Gasteiger partial charge on any atom is -0.463 e. The van der Waals surface area contributed by atoms with Crippen molar-refractivity contribution >= 4 is 17.7 Å². The van der Waals surface area contributed by atoms with Gasteiger partial charge in [-0.05, 0) is 12.8 Å². The first-order valence-electron chi connectivity index (χ1n) is 4.45. The summed E-state index contributed by atoms with van der Waals surface area (Å²) in [6.07, 6.45) is 0. The quantitative estimate of drug-likeness (QED) is 0.650. The van der Waals surface area contributed by atoms with Crippen LogP contribution in [0.5, 0.6) is 0 Å². The molecule has 0 fully saturated rings. The van der Waals surface area contributed by atoms with Crippen LogP contribution in [0.1, 0.15) is 27.7 Å². The van der Waals surface area contributed by atoms with E-state index in [1.807, 2.05) is 20.8 Å². The molecule has 0 aliphatic carbocycles. The molecule has 0 rings (SSSR count). The van der Waals surface area contributed by atoms with E-state index < -0.39 is 11.5 Å². The van der Waals surface area contributed by atoms with Crippen LogP contribution in [0.25, 0.3) is 0 Å². The van der Waals surface area contributed by atoms with Crippen LogP contribution in [0.3, 0.4) is 0 Å². The van der Waals surface area contributed by atoms with E-state index in [4.69, 9.17) is 0 Å². The van der Waals surface area contributed by atoms with Crippen molar-refractivity contribution in [3.8, 4) is 0 Å². The Labute approximate surface area is 83.2 Å². The highest BCUT2D eigenvalue weighted by Crippen LogP contribution is 2.25. The summed E-state index contributed by atoms with van der Waals surface area (Å²) < 4.78 is 17.6. The summed E-state index contributed by atoms with van der Waals surface area (Å²) >= 11 is 1.01. The lowest BCUT2D eigenvalue weighted by molar-refractivity contribution is -0.145. The van der Waals surface area contributed by atoms with E-state index in [9.17, 15) is 9.18 Å². The molecule has 78 valence electrons. The van der Waals surface area contributed by atoms with E-state index in [-0.39, 0.29) is 11.9 Å². The Morgan fingerprint density at radius 2 is 2.00 bits per heavy atom. The molecular formula is C9H17FO2S. The summed E-state index contributed by atoms with van der Waals surface area (Å²) in [6.45, 7) is 7.79. The first-order valence-corrected chi connectivity index (χ1v) is 5.39. The third-order valence-corrected chi connectivity index (χ3v) is 3.15. The minimum absolute atomic E-state index is 0.124. The van der Waals surface area contributed by atoms with Gasteiger partial charge in [0, 0.05) is 5.25 Å². The molecule has 0 heterocycles. The molecule has 4 heteroatoms. The summed E-state index contributed by atoms with van der Waals surface area (Å²) in [7, 11) is 0. The summed E-state index contributed by atoms with van der Waals surface area (Å²) in [5.74, 6) is -0.405. The zero-order valence-corrected chi connectivity index (χ0v) is 9.36. The van der Waals surface area contributed by atoms with Gasteiger partial charge in [-0.3, -0.25) is 0 Å². The van der Waals surface area contributed by atoms with Crippen molar-refractivity contribution in [1.82, 2.24) is 0 Å². The Kier molecular flexibility index (Phi) is 6.12. The molecule has 0 spiro atoms. The molecule has 2 unspecified atom stereocenters. The summed E-state index contributed by atoms with van der Waals surface area (Å²) in [6, 6.07) is 0. The van der Waals surface area contributed by atoms with Crippen molar-refractivity contribution < 1.29 is 13.9 Å². The first-order chi connectivity index (χ1) is 5.99. The van der Waals surface area contributed by atoms with Gasteiger partial charge in [0.1, 0.15) is 0 Å². The normalized spacial score (nSPS) is 15.5. The third kappa shape index (κ3) is 5.13. The lowest BCUT2D eigenvalue weighted by atomic mass is 10.2. The van der Waals surface area contributed by atoms with Crippen LogP contribution < -0.4 is 0 Å². The van der Waals surface area contributed by atoms with Crippen LogP contribution >= 0.6 is 11.8 Å². The highest BCUT2D eigenvalue weighted by atomic mass is 32.2. The van der Waals surface area contributed by atoms with Crippen molar-refractivity contribution in [3.63, 3.8) is 0 Å². The van der Waals surface area contributed by atoms with E-state index in [2.05, 4.69) is 4.74 Å². The number of esters is 1. The molecule has 0 bridgehead atoms. The fourth-order valence-corrected chi connectivity index (χ4v) is 1.48. The number of thioether (sulfide) groups is 1. The number of alkyl halides is 1. The Morgan fingerprint density at radius 3 is 2.38 bits per heavy atom. The molecule has 0 aliphatic heterocycles. The van der Waals surface area contributed by atoms with Crippen LogP contribution in [0.4, 0.5) is 4.39 Å². The Hall–Kier alpha value is -0.250. The minimum atomic E-state index is -1.54. The highest BCUT2D eigenvalue weighted by molar-refractivity contribution is 8.01. The summed E-state index contributed by atoms with van der Waals surface area (Å²) in [5.41, 5.74) is -1.54. The second-order valence-corrected chi connectivity index (χ2v) is 4.58. The van der Waals surface area contributed by atoms with E-state index in [0.717, 1.165) is 11.8 Å². The molecule has 0 aromatic heterocycles. The van der Waals surface area contributed by atoms with Crippen LogP contribution in [-0.4, -0.2) is 23.3 Å². The molecule has 2 nitrogen and oxygen atoms in total. The Morgan fingerprint density at radius 1 is 1.46 bits per heavy atom. The molecule has 0 saturated carbocycles. The van der Waals surface area contributed by atoms with Gasteiger partial charge in [-0.2, -0.15) is 0 Å². The number of hydrogen-bond acceptors (Lipinski definition) is 3. The number of ether oxygens (including phenoxy) is 1. The Bertz CT molecular complexity index is 162. The van der Waals surface area contributed by atoms with E-state index >= 15 is 0 Å². The fraction of sp³-hybridized carbons (Fsp3) is 0.889. The molecule has 0 radical (unpaired) electrons. The zero-order valence-electron chi connectivity index (χ0n) is 8.54. The number of hydrogen-bond donors (Lipinski definition) is 0. The average Bonchev–Trinajstić information content (AvgIpc) is 2.04. The maximum absolute atomic E-state index is 13.1. The predicted molar refractivity (Wildman–Crippen MR) is 53.4 cm³/mol. The molecule has 2 atom stereocenters. The van der Waals surface area contributed by atoms with E-state index in [1.54, 1.807) is 6.92 Å². The van der Waals surface area contributed by atoms with Crippen molar-refractivity contribution in [2.24, 2.45) is 5.92 Å². The van der Waals surface area contributed by atoms with Gasteiger partial charge in [0.05, 0.1) is 6.61 Å². The first kappa shape index (κ1) is 12.8. The van der Waals surface area contributed by atoms with E-state index in [1.165, 1.54) is 0 Å². The Balaban J connectivity index is 3.85. The van der Waals surface area contributed by atoms with Gasteiger partial charge in [0.2, 0.25) is 5.50 Å². The molecule has 13 heavy (non-hydrogen) atoms. The maximum Gasteiger partial charge on any atom is 0.351 e. The molecule has 0 aliphatic rings. The standard InChI is InChI=1S/C9H17FO2S/c1-5-12-9(11)8(10)13-7(4)6(2)3/h6-8H,5H2,1-4H3. The second kappa shape index (κ2) is 6.24. The number of carbonyl (C=O) groups is 1. The van der Waals surface area contributed by atoms with Gasteiger partial charge in [-0.15, -0.1) is 11.8 Å². The van der Waals surface area contributed by atoms with Gasteiger partial charge in [-0.1, -0.05) is 20.8 Å². The van der Waals surface area contributed by atoms with Crippen molar-refractivity contribution in [2.75, 3.05) is 6.61 Å². The largest absolute Gasteiger partial charge is 0.463 e. The second-order valence-electron chi connectivity index (χ2n) is 3.15. The van der Waals surface area contributed by atoms with Crippen molar-refractivity contribution in [3.05, 3.63) is 0 Å². The maximum atomic E-state index is 13.1. The molecular weight excluding hydrogens is 191 g/mol.